The number of carbonyl (C=O) groups is 1. The van der Waals surface area contributed by atoms with Gasteiger partial charge in [0.2, 0.25) is 10.0 Å². The molecule has 0 bridgehead atoms. The zero-order valence-corrected chi connectivity index (χ0v) is 13.9. The summed E-state index contributed by atoms with van der Waals surface area (Å²) in [6.45, 7) is 3.70. The number of benzene rings is 1. The van der Waals surface area contributed by atoms with E-state index in [1.54, 1.807) is 6.92 Å². The van der Waals surface area contributed by atoms with Gasteiger partial charge in [0.15, 0.2) is 0 Å². The Bertz CT molecular complexity index is 644. The molecule has 21 heavy (non-hydrogen) atoms. The first kappa shape index (κ1) is 17.9. The van der Waals surface area contributed by atoms with Gasteiger partial charge in [0.25, 0.3) is 0 Å². The number of likely N-dealkylation sites (N-methyl/N-ethyl adjacent to an activating group) is 1. The lowest BCUT2D eigenvalue weighted by Crippen LogP contribution is -2.39. The Morgan fingerprint density at radius 3 is 2.48 bits per heavy atom. The lowest BCUT2D eigenvalue weighted by molar-refractivity contribution is 0.0696. The van der Waals surface area contributed by atoms with E-state index in [9.17, 15) is 13.2 Å². The van der Waals surface area contributed by atoms with E-state index < -0.39 is 16.0 Å². The monoisotopic (exact) mass is 334 g/mol. The Morgan fingerprint density at radius 1 is 1.43 bits per heavy atom. The van der Waals surface area contributed by atoms with E-state index in [1.165, 1.54) is 19.1 Å². The number of hydrogen-bond acceptors (Lipinski definition) is 4. The minimum Gasteiger partial charge on any atom is -0.478 e. The molecule has 0 amide bonds. The number of sulfonamides is 1. The first-order chi connectivity index (χ1) is 9.54. The van der Waals surface area contributed by atoms with Crippen LogP contribution in [0, 0.1) is 6.92 Å². The van der Waals surface area contributed by atoms with Crippen LogP contribution in [0.4, 0.5) is 0 Å². The van der Waals surface area contributed by atoms with Gasteiger partial charge in [0.1, 0.15) is 0 Å². The summed E-state index contributed by atoms with van der Waals surface area (Å²) < 4.78 is 27.3. The minimum atomic E-state index is -3.84. The molecule has 0 spiro atoms. The van der Waals surface area contributed by atoms with E-state index >= 15 is 0 Å². The summed E-state index contributed by atoms with van der Waals surface area (Å²) in [5.41, 5.74) is 0.0413. The summed E-state index contributed by atoms with van der Waals surface area (Å²) in [5, 5.41) is 9.17. The molecular weight excluding hydrogens is 316 g/mol. The largest absolute Gasteiger partial charge is 0.478 e. The molecule has 1 atom stereocenters. The lowest BCUT2D eigenvalue weighted by atomic mass is 10.1. The van der Waals surface area contributed by atoms with Gasteiger partial charge >= 0.3 is 5.97 Å². The van der Waals surface area contributed by atoms with Gasteiger partial charge in [-0.3, -0.25) is 0 Å². The van der Waals surface area contributed by atoms with Gasteiger partial charge in [0, 0.05) is 17.6 Å². The van der Waals surface area contributed by atoms with Crippen molar-refractivity contribution in [2.45, 2.75) is 24.8 Å². The molecule has 8 heteroatoms. The molecule has 1 unspecified atom stereocenters. The highest BCUT2D eigenvalue weighted by Gasteiger charge is 2.23. The van der Waals surface area contributed by atoms with Crippen molar-refractivity contribution in [3.8, 4) is 0 Å². The van der Waals surface area contributed by atoms with Crippen molar-refractivity contribution in [1.29, 1.82) is 0 Å². The fraction of sp³-hybridized carbons (Fsp3) is 0.462. The molecule has 0 aliphatic carbocycles. The summed E-state index contributed by atoms with van der Waals surface area (Å²) in [6.07, 6.45) is 0. The number of nitrogens with one attached hydrogen (secondary N) is 1. The van der Waals surface area contributed by atoms with Crippen LogP contribution < -0.4 is 4.72 Å². The van der Waals surface area contributed by atoms with E-state index in [-0.39, 0.29) is 27.1 Å². The Hall–Kier alpha value is -1.15. The smallest absolute Gasteiger partial charge is 0.336 e. The van der Waals surface area contributed by atoms with Crippen molar-refractivity contribution in [1.82, 2.24) is 9.62 Å². The molecule has 1 rings (SSSR count). The number of carboxylic acid groups (broad SMARTS) is 1. The number of halogens is 1. The van der Waals surface area contributed by atoms with E-state index in [1.807, 2.05) is 19.0 Å². The second-order valence-electron chi connectivity index (χ2n) is 5.17. The highest BCUT2D eigenvalue weighted by atomic mass is 35.5. The third kappa shape index (κ3) is 4.67. The second-order valence-corrected chi connectivity index (χ2v) is 7.29. The number of hydrogen-bond donors (Lipinski definition) is 2. The SMILES string of the molecule is Cc1c(C(=O)O)cc(Cl)cc1S(=O)(=O)NC(C)CN(C)C. The van der Waals surface area contributed by atoms with Crippen molar-refractivity contribution in [3.05, 3.63) is 28.3 Å². The minimum absolute atomic E-state index is 0.0682. The average Bonchev–Trinajstić information content (AvgIpc) is 2.29. The molecule has 118 valence electrons. The molecule has 0 aliphatic rings. The average molecular weight is 335 g/mol. The van der Waals surface area contributed by atoms with Crippen molar-refractivity contribution >= 4 is 27.6 Å². The predicted octanol–water partition coefficient (Wildman–Crippen LogP) is 1.58. The molecule has 0 radical (unpaired) electrons. The Morgan fingerprint density at radius 2 is 2.00 bits per heavy atom. The maximum absolute atomic E-state index is 12.4. The molecule has 0 heterocycles. The van der Waals surface area contributed by atoms with Crippen LogP contribution in [0.3, 0.4) is 0 Å². The van der Waals surface area contributed by atoms with Gasteiger partial charge in [-0.15, -0.1) is 0 Å². The third-order valence-electron chi connectivity index (χ3n) is 2.84. The first-order valence-electron chi connectivity index (χ1n) is 6.25. The first-order valence-corrected chi connectivity index (χ1v) is 8.11. The standard InChI is InChI=1S/C13H19ClN2O4S/c1-8(7-16(3)4)15-21(19,20)12-6-10(14)5-11(9(12)2)13(17)18/h5-6,8,15H,7H2,1-4H3,(H,17,18). The molecular formula is C13H19ClN2O4S. The van der Waals surface area contributed by atoms with Crippen molar-refractivity contribution in [3.63, 3.8) is 0 Å². The van der Waals surface area contributed by atoms with Crippen LogP contribution >= 0.6 is 11.6 Å². The van der Waals surface area contributed by atoms with Crippen LogP contribution in [0.2, 0.25) is 5.02 Å². The highest BCUT2D eigenvalue weighted by Crippen LogP contribution is 2.24. The van der Waals surface area contributed by atoms with Crippen molar-refractivity contribution < 1.29 is 18.3 Å². The van der Waals surface area contributed by atoms with Gasteiger partial charge < -0.3 is 10.0 Å². The van der Waals surface area contributed by atoms with Crippen LogP contribution in [-0.4, -0.2) is 51.1 Å². The summed E-state index contributed by atoms with van der Waals surface area (Å²) in [6, 6.07) is 2.17. The molecule has 0 saturated heterocycles. The van der Waals surface area contributed by atoms with Crippen molar-refractivity contribution in [2.24, 2.45) is 0 Å². The Kier molecular flexibility index (Phi) is 5.75. The van der Waals surface area contributed by atoms with Crippen LogP contribution in [0.15, 0.2) is 17.0 Å². The van der Waals surface area contributed by atoms with Gasteiger partial charge in [-0.05, 0) is 45.6 Å². The van der Waals surface area contributed by atoms with Gasteiger partial charge in [-0.2, -0.15) is 0 Å². The highest BCUT2D eigenvalue weighted by molar-refractivity contribution is 7.89. The summed E-state index contributed by atoms with van der Waals surface area (Å²) in [4.78, 5) is 12.9. The van der Waals surface area contributed by atoms with Gasteiger partial charge in [0.05, 0.1) is 10.5 Å². The summed E-state index contributed by atoms with van der Waals surface area (Å²) in [5.74, 6) is -1.22. The van der Waals surface area contributed by atoms with Crippen LogP contribution in [0.1, 0.15) is 22.8 Å². The van der Waals surface area contributed by atoms with E-state index in [0.29, 0.717) is 6.54 Å². The van der Waals surface area contributed by atoms with Crippen LogP contribution in [0.5, 0.6) is 0 Å². The topological polar surface area (TPSA) is 86.7 Å². The number of aromatic carboxylic acids is 1. The predicted molar refractivity (Wildman–Crippen MR) is 81.5 cm³/mol. The molecule has 0 saturated carbocycles. The zero-order valence-electron chi connectivity index (χ0n) is 12.3. The van der Waals surface area contributed by atoms with Crippen molar-refractivity contribution in [2.75, 3.05) is 20.6 Å². The van der Waals surface area contributed by atoms with Gasteiger partial charge in [-0.25, -0.2) is 17.9 Å². The van der Waals surface area contributed by atoms with E-state index in [4.69, 9.17) is 16.7 Å². The maximum atomic E-state index is 12.4. The molecule has 0 aliphatic heterocycles. The van der Waals surface area contributed by atoms with Crippen LogP contribution in [0.25, 0.3) is 0 Å². The quantitative estimate of drug-likeness (QED) is 0.824. The fourth-order valence-electron chi connectivity index (χ4n) is 2.07. The number of carboxylic acids is 1. The fourth-order valence-corrected chi connectivity index (χ4v) is 3.88. The third-order valence-corrected chi connectivity index (χ3v) is 4.77. The summed E-state index contributed by atoms with van der Waals surface area (Å²) >= 11 is 5.83. The molecule has 1 aromatic rings. The van der Waals surface area contributed by atoms with E-state index in [2.05, 4.69) is 4.72 Å². The normalized spacial score (nSPS) is 13.4. The molecule has 6 nitrogen and oxygen atoms in total. The Balaban J connectivity index is 3.23. The molecule has 0 aromatic heterocycles. The zero-order chi connectivity index (χ0) is 16.4. The maximum Gasteiger partial charge on any atom is 0.336 e. The second kappa shape index (κ2) is 6.74. The Labute approximate surface area is 129 Å². The molecule has 1 aromatic carbocycles. The van der Waals surface area contributed by atoms with E-state index in [0.717, 1.165) is 0 Å². The lowest BCUT2D eigenvalue weighted by Gasteiger charge is -2.19. The van der Waals surface area contributed by atoms with Crippen LogP contribution in [-0.2, 0) is 10.0 Å². The molecule has 0 fully saturated rings. The molecule has 2 N–H and O–H groups in total. The number of nitrogens with zero attached hydrogens (tertiary/aromatic N) is 1. The summed E-state index contributed by atoms with van der Waals surface area (Å²) in [7, 11) is -0.176. The van der Waals surface area contributed by atoms with Gasteiger partial charge in [-0.1, -0.05) is 11.6 Å². The number of rotatable bonds is 6.